The normalized spacial score (nSPS) is 10.6. The van der Waals surface area contributed by atoms with Crippen LogP contribution in [0.2, 0.25) is 0 Å². The van der Waals surface area contributed by atoms with Crippen molar-refractivity contribution in [3.05, 3.63) is 75.0 Å². The third kappa shape index (κ3) is 4.26. The largest absolute Gasteiger partial charge is 0.486 e. The molecule has 0 aliphatic rings. The van der Waals surface area contributed by atoms with E-state index in [4.69, 9.17) is 4.74 Å². The summed E-state index contributed by atoms with van der Waals surface area (Å²) in [7, 11) is 0. The van der Waals surface area contributed by atoms with Crippen molar-refractivity contribution >= 4 is 22.9 Å². The van der Waals surface area contributed by atoms with E-state index in [0.717, 1.165) is 16.8 Å². The van der Waals surface area contributed by atoms with Gasteiger partial charge in [-0.1, -0.05) is 12.1 Å². The molecule has 1 N–H and O–H groups in total. The number of hydrogen-bond donors (Lipinski definition) is 1. The van der Waals surface area contributed by atoms with Crippen LogP contribution in [0.15, 0.2) is 42.5 Å². The van der Waals surface area contributed by atoms with E-state index in [1.165, 1.54) is 23.5 Å². The highest BCUT2D eigenvalue weighted by Gasteiger charge is 2.16. The Balaban J connectivity index is 1.69. The molecule has 26 heavy (non-hydrogen) atoms. The molecule has 1 amide bonds. The summed E-state index contributed by atoms with van der Waals surface area (Å²) in [5.41, 5.74) is 3.55. The van der Waals surface area contributed by atoms with Crippen LogP contribution in [0.25, 0.3) is 0 Å². The Morgan fingerprint density at radius 1 is 1.15 bits per heavy atom. The van der Waals surface area contributed by atoms with Gasteiger partial charge in [0.05, 0.1) is 5.69 Å². The molecular weight excluding hydrogens is 351 g/mol. The van der Waals surface area contributed by atoms with Crippen molar-refractivity contribution in [1.82, 2.24) is 4.98 Å². The maximum Gasteiger partial charge on any atom is 0.267 e. The van der Waals surface area contributed by atoms with Gasteiger partial charge in [0.25, 0.3) is 5.91 Å². The summed E-state index contributed by atoms with van der Waals surface area (Å²) in [6, 6.07) is 11.7. The van der Waals surface area contributed by atoms with Gasteiger partial charge in [-0.3, -0.25) is 4.79 Å². The van der Waals surface area contributed by atoms with Gasteiger partial charge < -0.3 is 10.1 Å². The van der Waals surface area contributed by atoms with E-state index in [1.54, 1.807) is 19.1 Å². The van der Waals surface area contributed by atoms with Crippen LogP contribution in [-0.4, -0.2) is 10.9 Å². The molecule has 6 heteroatoms. The Hall–Kier alpha value is -2.73. The first kappa shape index (κ1) is 18.1. The SMILES string of the molecule is Cc1ccc(C)c(NC(=O)c2sc(COc3ccc(F)cc3)nc2C)c1. The van der Waals surface area contributed by atoms with Crippen LogP contribution < -0.4 is 10.1 Å². The number of thiazole rings is 1. The molecule has 1 heterocycles. The number of halogens is 1. The number of carbonyl (C=O) groups excluding carboxylic acids is 1. The van der Waals surface area contributed by atoms with Crippen LogP contribution in [-0.2, 0) is 6.61 Å². The molecule has 0 aliphatic heterocycles. The van der Waals surface area contributed by atoms with Crippen molar-refractivity contribution in [3.8, 4) is 5.75 Å². The lowest BCUT2D eigenvalue weighted by Gasteiger charge is -2.08. The Labute approximate surface area is 155 Å². The van der Waals surface area contributed by atoms with E-state index in [2.05, 4.69) is 10.3 Å². The van der Waals surface area contributed by atoms with E-state index >= 15 is 0 Å². The van der Waals surface area contributed by atoms with Crippen LogP contribution in [0.5, 0.6) is 5.75 Å². The second-order valence-corrected chi connectivity index (χ2v) is 7.12. The first-order valence-electron chi connectivity index (χ1n) is 8.15. The Bertz CT molecular complexity index is 935. The Morgan fingerprint density at radius 3 is 2.62 bits per heavy atom. The zero-order valence-electron chi connectivity index (χ0n) is 14.8. The molecule has 0 fully saturated rings. The lowest BCUT2D eigenvalue weighted by Crippen LogP contribution is -2.12. The van der Waals surface area contributed by atoms with Gasteiger partial charge in [-0.15, -0.1) is 11.3 Å². The van der Waals surface area contributed by atoms with Gasteiger partial charge in [0, 0.05) is 5.69 Å². The first-order chi connectivity index (χ1) is 12.4. The number of nitrogens with zero attached hydrogens (tertiary/aromatic N) is 1. The molecule has 134 valence electrons. The number of rotatable bonds is 5. The van der Waals surface area contributed by atoms with Gasteiger partial charge in [0.15, 0.2) is 0 Å². The quantitative estimate of drug-likeness (QED) is 0.685. The summed E-state index contributed by atoms with van der Waals surface area (Å²) in [6.45, 7) is 5.97. The molecule has 0 saturated heterocycles. The molecule has 0 atom stereocenters. The summed E-state index contributed by atoms with van der Waals surface area (Å²) in [5.74, 6) is 0.0650. The first-order valence-corrected chi connectivity index (χ1v) is 8.97. The van der Waals surface area contributed by atoms with Gasteiger partial charge in [-0.25, -0.2) is 9.37 Å². The summed E-state index contributed by atoms with van der Waals surface area (Å²) in [6.07, 6.45) is 0. The van der Waals surface area contributed by atoms with Crippen LogP contribution >= 0.6 is 11.3 Å². The van der Waals surface area contributed by atoms with Crippen molar-refractivity contribution in [2.24, 2.45) is 0 Å². The number of aryl methyl sites for hydroxylation is 3. The van der Waals surface area contributed by atoms with Crippen molar-refractivity contribution < 1.29 is 13.9 Å². The predicted octanol–water partition coefficient (Wildman–Crippen LogP) is 5.04. The van der Waals surface area contributed by atoms with Crippen LogP contribution in [0, 0.1) is 26.6 Å². The molecule has 0 saturated carbocycles. The van der Waals surface area contributed by atoms with Crippen LogP contribution in [0.3, 0.4) is 0 Å². The van der Waals surface area contributed by atoms with Crippen molar-refractivity contribution in [1.29, 1.82) is 0 Å². The van der Waals surface area contributed by atoms with E-state index in [1.807, 2.05) is 32.0 Å². The minimum atomic E-state index is -0.312. The number of nitrogens with one attached hydrogen (secondary N) is 1. The predicted molar refractivity (Wildman–Crippen MR) is 101 cm³/mol. The van der Waals surface area contributed by atoms with Crippen LogP contribution in [0.4, 0.5) is 10.1 Å². The molecule has 0 radical (unpaired) electrons. The molecule has 0 unspecified atom stereocenters. The van der Waals surface area contributed by atoms with E-state index in [9.17, 15) is 9.18 Å². The lowest BCUT2D eigenvalue weighted by atomic mass is 10.1. The molecule has 0 spiro atoms. The van der Waals surface area contributed by atoms with Crippen molar-refractivity contribution in [3.63, 3.8) is 0 Å². The Morgan fingerprint density at radius 2 is 1.88 bits per heavy atom. The smallest absolute Gasteiger partial charge is 0.267 e. The molecular formula is C20H19FN2O2S. The van der Waals surface area contributed by atoms with Gasteiger partial charge in [-0.2, -0.15) is 0 Å². The Kier molecular flexibility index (Phi) is 5.32. The third-order valence-electron chi connectivity index (χ3n) is 3.86. The minimum absolute atomic E-state index is 0.179. The summed E-state index contributed by atoms with van der Waals surface area (Å²) in [4.78, 5) is 17.6. The molecule has 1 aromatic heterocycles. The van der Waals surface area contributed by atoms with E-state index in [-0.39, 0.29) is 18.3 Å². The highest BCUT2D eigenvalue weighted by Crippen LogP contribution is 2.23. The number of hydrogen-bond acceptors (Lipinski definition) is 4. The molecule has 2 aromatic carbocycles. The maximum absolute atomic E-state index is 12.9. The fourth-order valence-corrected chi connectivity index (χ4v) is 3.32. The number of amides is 1. The monoisotopic (exact) mass is 370 g/mol. The molecule has 3 rings (SSSR count). The zero-order chi connectivity index (χ0) is 18.7. The van der Waals surface area contributed by atoms with E-state index < -0.39 is 0 Å². The number of ether oxygens (including phenoxy) is 1. The van der Waals surface area contributed by atoms with Gasteiger partial charge in [0.1, 0.15) is 28.1 Å². The number of anilines is 1. The summed E-state index contributed by atoms with van der Waals surface area (Å²) >= 11 is 1.30. The second kappa shape index (κ2) is 7.66. The van der Waals surface area contributed by atoms with Crippen LogP contribution in [0.1, 0.15) is 31.5 Å². The average molecular weight is 370 g/mol. The maximum atomic E-state index is 12.9. The van der Waals surface area contributed by atoms with Crippen molar-refractivity contribution in [2.45, 2.75) is 27.4 Å². The highest BCUT2D eigenvalue weighted by atomic mass is 32.1. The third-order valence-corrected chi connectivity index (χ3v) is 4.99. The van der Waals surface area contributed by atoms with Gasteiger partial charge in [-0.05, 0) is 62.2 Å². The average Bonchev–Trinajstić information content (AvgIpc) is 2.98. The molecule has 3 aromatic rings. The fraction of sp³-hybridized carbons (Fsp3) is 0.200. The van der Waals surface area contributed by atoms with E-state index in [0.29, 0.717) is 21.3 Å². The zero-order valence-corrected chi connectivity index (χ0v) is 15.6. The highest BCUT2D eigenvalue weighted by molar-refractivity contribution is 7.13. The molecule has 0 aliphatic carbocycles. The summed E-state index contributed by atoms with van der Waals surface area (Å²) in [5, 5.41) is 3.64. The topological polar surface area (TPSA) is 51.2 Å². The molecule has 0 bridgehead atoms. The lowest BCUT2D eigenvalue weighted by molar-refractivity contribution is 0.102. The number of benzene rings is 2. The van der Waals surface area contributed by atoms with Gasteiger partial charge >= 0.3 is 0 Å². The minimum Gasteiger partial charge on any atom is -0.486 e. The molecule has 4 nitrogen and oxygen atoms in total. The standard InChI is InChI=1S/C20H19FN2O2S/c1-12-4-5-13(2)17(10-12)23-20(24)19-14(3)22-18(26-19)11-25-16-8-6-15(21)7-9-16/h4-10H,11H2,1-3H3,(H,23,24). The van der Waals surface area contributed by atoms with Crippen molar-refractivity contribution in [2.75, 3.05) is 5.32 Å². The van der Waals surface area contributed by atoms with Gasteiger partial charge in [0.2, 0.25) is 0 Å². The second-order valence-electron chi connectivity index (χ2n) is 6.04. The number of carbonyl (C=O) groups is 1. The fourth-order valence-electron chi connectivity index (χ4n) is 2.45. The number of aromatic nitrogens is 1. The summed E-state index contributed by atoms with van der Waals surface area (Å²) < 4.78 is 18.5.